The highest BCUT2D eigenvalue weighted by atomic mass is 35.5. The molecule has 0 radical (unpaired) electrons. The summed E-state index contributed by atoms with van der Waals surface area (Å²) < 4.78 is 39.6. The fraction of sp³-hybridized carbons (Fsp3) is 0.250. The molecule has 0 bridgehead atoms. The summed E-state index contributed by atoms with van der Waals surface area (Å²) in [5, 5.41) is 19.0. The standard InChI is InChI=1S/C20H15ClF3NO3/c21-16-9-12(6-8-19(28)25-10-17(26)18(27)11-25)5-7-14(16)13-3-1-2-4-15(13)20(22,23)24/h1-5,7,9,17-18,26-27H,10-11H2/t17-,18+. The van der Waals surface area contributed by atoms with Crippen LogP contribution in [-0.4, -0.2) is 46.3 Å². The molecule has 3 rings (SSSR count). The molecule has 1 amide bonds. The molecule has 0 saturated carbocycles. The number of aliphatic hydroxyl groups excluding tert-OH is 2. The molecule has 0 spiro atoms. The van der Waals surface area contributed by atoms with Crippen LogP contribution < -0.4 is 0 Å². The van der Waals surface area contributed by atoms with Crippen molar-refractivity contribution in [1.29, 1.82) is 0 Å². The molecular formula is C20H15ClF3NO3. The van der Waals surface area contributed by atoms with Gasteiger partial charge in [0.25, 0.3) is 5.91 Å². The maximum atomic E-state index is 13.2. The first-order valence-electron chi connectivity index (χ1n) is 8.30. The van der Waals surface area contributed by atoms with E-state index in [-0.39, 0.29) is 29.2 Å². The summed E-state index contributed by atoms with van der Waals surface area (Å²) >= 11 is 6.17. The molecule has 2 N–H and O–H groups in total. The lowest BCUT2D eigenvalue weighted by atomic mass is 9.98. The Balaban J connectivity index is 1.85. The first-order valence-corrected chi connectivity index (χ1v) is 8.68. The van der Waals surface area contributed by atoms with Gasteiger partial charge in [0.05, 0.1) is 30.9 Å². The molecule has 1 aliphatic rings. The summed E-state index contributed by atoms with van der Waals surface area (Å²) in [6.45, 7) is -0.0226. The Morgan fingerprint density at radius 2 is 1.71 bits per heavy atom. The second kappa shape index (κ2) is 7.84. The zero-order valence-corrected chi connectivity index (χ0v) is 15.1. The predicted octanol–water partition coefficient (Wildman–Crippen LogP) is 2.94. The van der Waals surface area contributed by atoms with Crippen LogP contribution in [0.5, 0.6) is 0 Å². The third-order valence-corrected chi connectivity index (χ3v) is 4.66. The van der Waals surface area contributed by atoms with Crippen LogP contribution in [0.2, 0.25) is 5.02 Å². The minimum Gasteiger partial charge on any atom is -0.388 e. The van der Waals surface area contributed by atoms with Gasteiger partial charge in [-0.2, -0.15) is 13.2 Å². The highest BCUT2D eigenvalue weighted by molar-refractivity contribution is 6.33. The monoisotopic (exact) mass is 409 g/mol. The van der Waals surface area contributed by atoms with Gasteiger partial charge < -0.3 is 15.1 Å². The summed E-state index contributed by atoms with van der Waals surface area (Å²) in [4.78, 5) is 13.2. The number of carbonyl (C=O) groups excluding carboxylic acids is 1. The molecule has 1 saturated heterocycles. The van der Waals surface area contributed by atoms with Gasteiger partial charge in [0.15, 0.2) is 0 Å². The first-order chi connectivity index (χ1) is 13.2. The summed E-state index contributed by atoms with van der Waals surface area (Å²) in [6, 6.07) is 9.40. The predicted molar refractivity (Wildman–Crippen MR) is 97.4 cm³/mol. The molecule has 8 heteroatoms. The van der Waals surface area contributed by atoms with Gasteiger partial charge in [0.2, 0.25) is 0 Å². The molecule has 2 aromatic rings. The summed E-state index contributed by atoms with van der Waals surface area (Å²) in [5.41, 5.74) is -0.281. The molecule has 146 valence electrons. The van der Waals surface area contributed by atoms with Crippen molar-refractivity contribution in [3.8, 4) is 23.0 Å². The largest absolute Gasteiger partial charge is 0.417 e. The van der Waals surface area contributed by atoms with Crippen LogP contribution >= 0.6 is 11.6 Å². The van der Waals surface area contributed by atoms with E-state index in [0.717, 1.165) is 6.07 Å². The Morgan fingerprint density at radius 1 is 1.07 bits per heavy atom. The molecule has 1 heterocycles. The van der Waals surface area contributed by atoms with Gasteiger partial charge in [-0.05, 0) is 23.8 Å². The van der Waals surface area contributed by atoms with Crippen LogP contribution in [-0.2, 0) is 11.0 Å². The van der Waals surface area contributed by atoms with Crippen molar-refractivity contribution in [2.45, 2.75) is 18.4 Å². The highest BCUT2D eigenvalue weighted by Crippen LogP contribution is 2.39. The number of nitrogens with zero attached hydrogens (tertiary/aromatic N) is 1. The third kappa shape index (κ3) is 4.30. The van der Waals surface area contributed by atoms with Crippen LogP contribution in [0.25, 0.3) is 11.1 Å². The Bertz CT molecular complexity index is 955. The molecule has 4 nitrogen and oxygen atoms in total. The molecule has 2 atom stereocenters. The molecule has 0 unspecified atom stereocenters. The molecule has 0 aliphatic carbocycles. The van der Waals surface area contributed by atoms with Gasteiger partial charge in [-0.25, -0.2) is 0 Å². The lowest BCUT2D eigenvalue weighted by molar-refractivity contribution is -0.137. The molecule has 2 aromatic carbocycles. The second-order valence-electron chi connectivity index (χ2n) is 6.33. The fourth-order valence-electron chi connectivity index (χ4n) is 2.92. The van der Waals surface area contributed by atoms with Gasteiger partial charge in [-0.1, -0.05) is 41.8 Å². The van der Waals surface area contributed by atoms with Crippen molar-refractivity contribution < 1.29 is 28.2 Å². The van der Waals surface area contributed by atoms with E-state index in [2.05, 4.69) is 11.8 Å². The Hall–Kier alpha value is -2.53. The number of hydrogen-bond donors (Lipinski definition) is 2. The number of rotatable bonds is 1. The summed E-state index contributed by atoms with van der Waals surface area (Å²) in [5.74, 6) is 4.41. The van der Waals surface area contributed by atoms with Gasteiger partial charge in [0.1, 0.15) is 0 Å². The van der Waals surface area contributed by atoms with Crippen LogP contribution in [0.3, 0.4) is 0 Å². The number of hydrogen-bond acceptors (Lipinski definition) is 3. The zero-order valence-electron chi connectivity index (χ0n) is 14.4. The Kier molecular flexibility index (Phi) is 5.66. The number of benzene rings is 2. The lowest BCUT2D eigenvalue weighted by Gasteiger charge is -2.14. The first kappa shape index (κ1) is 20.2. The number of halogens is 4. The summed E-state index contributed by atoms with van der Waals surface area (Å²) in [6.07, 6.45) is -6.53. The number of likely N-dealkylation sites (tertiary alicyclic amines) is 1. The van der Waals surface area contributed by atoms with Crippen molar-refractivity contribution in [3.05, 3.63) is 58.6 Å². The highest BCUT2D eigenvalue weighted by Gasteiger charge is 2.34. The molecule has 28 heavy (non-hydrogen) atoms. The quantitative estimate of drug-likeness (QED) is 0.712. The van der Waals surface area contributed by atoms with E-state index in [4.69, 9.17) is 11.6 Å². The van der Waals surface area contributed by atoms with Gasteiger partial charge in [-0.15, -0.1) is 0 Å². The minimum atomic E-state index is -4.52. The fourth-order valence-corrected chi connectivity index (χ4v) is 3.20. The molecular weight excluding hydrogens is 395 g/mol. The number of amides is 1. The maximum absolute atomic E-state index is 13.2. The molecule has 1 fully saturated rings. The van der Waals surface area contributed by atoms with Gasteiger partial charge >= 0.3 is 6.18 Å². The van der Waals surface area contributed by atoms with Crippen LogP contribution in [0.1, 0.15) is 11.1 Å². The second-order valence-corrected chi connectivity index (χ2v) is 6.74. The van der Waals surface area contributed by atoms with E-state index >= 15 is 0 Å². The van der Waals surface area contributed by atoms with E-state index in [9.17, 15) is 28.2 Å². The van der Waals surface area contributed by atoms with Crippen molar-refractivity contribution in [2.75, 3.05) is 13.1 Å². The minimum absolute atomic E-state index is 0.0113. The van der Waals surface area contributed by atoms with E-state index in [1.807, 2.05) is 0 Å². The lowest BCUT2D eigenvalue weighted by Crippen LogP contribution is -2.28. The van der Waals surface area contributed by atoms with Gasteiger partial charge in [0, 0.05) is 22.1 Å². The van der Waals surface area contributed by atoms with E-state index in [0.29, 0.717) is 5.56 Å². The van der Waals surface area contributed by atoms with Crippen LogP contribution in [0.4, 0.5) is 13.2 Å². The van der Waals surface area contributed by atoms with Gasteiger partial charge in [-0.3, -0.25) is 4.79 Å². The van der Waals surface area contributed by atoms with Crippen molar-refractivity contribution in [1.82, 2.24) is 4.90 Å². The average Bonchev–Trinajstić information content (AvgIpc) is 2.98. The number of aliphatic hydroxyl groups is 2. The van der Waals surface area contributed by atoms with Crippen LogP contribution in [0, 0.1) is 11.8 Å². The van der Waals surface area contributed by atoms with E-state index in [1.54, 1.807) is 0 Å². The average molecular weight is 410 g/mol. The number of β-amino-alcohol motifs (C(OH)–C–C–N with tert-alkyl or cyclic N) is 2. The van der Waals surface area contributed by atoms with E-state index in [1.165, 1.54) is 41.3 Å². The maximum Gasteiger partial charge on any atom is 0.417 e. The number of alkyl halides is 3. The number of carbonyl (C=O) groups is 1. The van der Waals surface area contributed by atoms with Crippen LogP contribution in [0.15, 0.2) is 42.5 Å². The normalized spacial score (nSPS) is 19.3. The SMILES string of the molecule is O=C(C#Cc1ccc(-c2ccccc2C(F)(F)F)c(Cl)c1)N1C[C@@H](O)[C@@H](O)C1. The van der Waals surface area contributed by atoms with Crippen molar-refractivity contribution >= 4 is 17.5 Å². The third-order valence-electron chi connectivity index (χ3n) is 4.35. The topological polar surface area (TPSA) is 60.8 Å². The van der Waals surface area contributed by atoms with Crippen molar-refractivity contribution in [2.24, 2.45) is 0 Å². The zero-order chi connectivity index (χ0) is 20.5. The van der Waals surface area contributed by atoms with Crippen molar-refractivity contribution in [3.63, 3.8) is 0 Å². The molecule has 0 aromatic heterocycles. The summed E-state index contributed by atoms with van der Waals surface area (Å²) in [7, 11) is 0. The Labute approximate surface area is 164 Å². The Morgan fingerprint density at radius 3 is 2.32 bits per heavy atom. The van der Waals surface area contributed by atoms with E-state index < -0.39 is 29.9 Å². The smallest absolute Gasteiger partial charge is 0.388 e. The molecule has 1 aliphatic heterocycles.